The molecule has 0 fully saturated rings. The number of methoxy groups -OCH3 is 3. The highest BCUT2D eigenvalue weighted by atomic mass is 16.5. The molecule has 3 N–H and O–H groups in total. The Hall–Kier alpha value is -3.75. The monoisotopic (exact) mass is 567 g/mol. The quantitative estimate of drug-likeness (QED) is 0.271. The van der Waals surface area contributed by atoms with Gasteiger partial charge in [0.15, 0.2) is 11.5 Å². The van der Waals surface area contributed by atoms with Gasteiger partial charge in [0, 0.05) is 19.0 Å². The van der Waals surface area contributed by atoms with E-state index in [2.05, 4.69) is 22.9 Å². The summed E-state index contributed by atoms with van der Waals surface area (Å²) in [5.74, 6) is 1.12. The lowest BCUT2D eigenvalue weighted by atomic mass is 9.95. The summed E-state index contributed by atoms with van der Waals surface area (Å²) in [5.41, 5.74) is 3.15. The molecule has 0 bridgehead atoms. The maximum Gasteiger partial charge on any atom is 0.242 e. The van der Waals surface area contributed by atoms with Gasteiger partial charge < -0.3 is 30.2 Å². The van der Waals surface area contributed by atoms with Crippen molar-refractivity contribution < 1.29 is 23.8 Å². The molecule has 3 rings (SSSR count). The van der Waals surface area contributed by atoms with Gasteiger partial charge in [0.2, 0.25) is 23.0 Å². The van der Waals surface area contributed by atoms with E-state index in [0.29, 0.717) is 47.9 Å². The molecule has 0 aliphatic heterocycles. The number of ether oxygens (including phenoxy) is 3. The van der Waals surface area contributed by atoms with E-state index in [9.17, 15) is 14.4 Å². The minimum atomic E-state index is -0.609. The van der Waals surface area contributed by atoms with E-state index in [0.717, 1.165) is 29.5 Å². The van der Waals surface area contributed by atoms with Gasteiger partial charge in [-0.05, 0) is 61.1 Å². The number of benzene rings is 1. The van der Waals surface area contributed by atoms with Crippen molar-refractivity contribution in [1.82, 2.24) is 10.6 Å². The summed E-state index contributed by atoms with van der Waals surface area (Å²) in [6, 6.07) is 5.98. The fourth-order valence-electron chi connectivity index (χ4n) is 5.40. The number of carbonyl (C=O) groups is 2. The number of aryl methyl sites for hydroxylation is 1. The molecule has 41 heavy (non-hydrogen) atoms. The van der Waals surface area contributed by atoms with E-state index < -0.39 is 12.1 Å². The molecule has 0 radical (unpaired) electrons. The number of rotatable bonds is 14. The average molecular weight is 568 g/mol. The molecular formula is C32H45N3O6. The minimum Gasteiger partial charge on any atom is -0.493 e. The lowest BCUT2D eigenvalue weighted by Gasteiger charge is -2.19. The highest BCUT2D eigenvalue weighted by molar-refractivity contribution is 5.85. The third kappa shape index (κ3) is 7.93. The molecule has 9 heteroatoms. The SMILES string of the molecule is CCCCCCCCNC(=O)[C@H](C)Nc1ccc2c(cc1=O)[C@@H](NC(C)=O)CCc1cc(OC)c(OC)c(OC)c1-2. The molecule has 224 valence electrons. The first-order chi connectivity index (χ1) is 19.7. The molecule has 0 aromatic heterocycles. The summed E-state index contributed by atoms with van der Waals surface area (Å²) >= 11 is 0. The van der Waals surface area contributed by atoms with Crippen LogP contribution in [0.4, 0.5) is 5.69 Å². The third-order valence-electron chi connectivity index (χ3n) is 7.51. The maximum atomic E-state index is 13.5. The number of unbranched alkanes of at least 4 members (excludes halogenated alkanes) is 5. The average Bonchev–Trinajstić information content (AvgIpc) is 3.19. The van der Waals surface area contributed by atoms with E-state index in [-0.39, 0.29) is 17.2 Å². The number of carbonyl (C=O) groups excluding carboxylic acids is 2. The Kier molecular flexibility index (Phi) is 11.9. The van der Waals surface area contributed by atoms with Crippen LogP contribution in [-0.4, -0.2) is 45.7 Å². The van der Waals surface area contributed by atoms with Gasteiger partial charge in [-0.2, -0.15) is 0 Å². The zero-order valence-corrected chi connectivity index (χ0v) is 25.3. The van der Waals surface area contributed by atoms with E-state index in [1.165, 1.54) is 32.6 Å². The second kappa shape index (κ2) is 15.3. The molecule has 0 spiro atoms. The van der Waals surface area contributed by atoms with Crippen LogP contribution in [0.2, 0.25) is 0 Å². The van der Waals surface area contributed by atoms with Crippen molar-refractivity contribution in [3.8, 4) is 28.4 Å². The summed E-state index contributed by atoms with van der Waals surface area (Å²) in [4.78, 5) is 38.4. The van der Waals surface area contributed by atoms with Gasteiger partial charge >= 0.3 is 0 Å². The molecule has 0 saturated carbocycles. The normalized spacial score (nSPS) is 14.5. The molecule has 9 nitrogen and oxygen atoms in total. The third-order valence-corrected chi connectivity index (χ3v) is 7.51. The molecule has 2 aromatic carbocycles. The van der Waals surface area contributed by atoms with Crippen molar-refractivity contribution in [1.29, 1.82) is 0 Å². The van der Waals surface area contributed by atoms with Gasteiger partial charge in [0.25, 0.3) is 0 Å². The second-order valence-electron chi connectivity index (χ2n) is 10.5. The number of fused-ring (bicyclic) bond motifs is 3. The molecule has 2 atom stereocenters. The summed E-state index contributed by atoms with van der Waals surface area (Å²) in [6.45, 7) is 6.00. The first-order valence-corrected chi connectivity index (χ1v) is 14.6. The maximum absolute atomic E-state index is 13.5. The van der Waals surface area contributed by atoms with Crippen molar-refractivity contribution in [3.05, 3.63) is 45.6 Å². The van der Waals surface area contributed by atoms with Crippen molar-refractivity contribution in [2.24, 2.45) is 0 Å². The van der Waals surface area contributed by atoms with Gasteiger partial charge in [-0.1, -0.05) is 45.1 Å². The van der Waals surface area contributed by atoms with Gasteiger partial charge in [0.1, 0.15) is 6.04 Å². The van der Waals surface area contributed by atoms with Crippen molar-refractivity contribution >= 4 is 17.5 Å². The Bertz CT molecular complexity index is 1280. The van der Waals surface area contributed by atoms with Crippen LogP contribution in [0.1, 0.15) is 82.9 Å². The summed E-state index contributed by atoms with van der Waals surface area (Å²) < 4.78 is 17.0. The fraction of sp³-hybridized carbons (Fsp3) is 0.531. The highest BCUT2D eigenvalue weighted by Crippen LogP contribution is 2.50. The standard InChI is InChI=1S/C32H45N3O6/c1-7-8-9-10-11-12-17-33-32(38)20(2)34-26-16-14-23-24(19-27(26)37)25(35-21(3)36)15-13-22-18-28(39-4)30(40-5)31(41-6)29(22)23/h14,16,18-20,25H,7-13,15,17H2,1-6H3,(H,33,38)(H,34,37)(H,35,36)/t20-,25-/m0/s1. The Morgan fingerprint density at radius 1 is 0.976 bits per heavy atom. The molecule has 1 aliphatic rings. The number of amides is 2. The van der Waals surface area contributed by atoms with Gasteiger partial charge in [-0.3, -0.25) is 14.4 Å². The lowest BCUT2D eigenvalue weighted by molar-refractivity contribution is -0.121. The van der Waals surface area contributed by atoms with Gasteiger partial charge in [0.05, 0.1) is 33.1 Å². The van der Waals surface area contributed by atoms with Gasteiger partial charge in [-0.25, -0.2) is 0 Å². The predicted molar refractivity (Wildman–Crippen MR) is 162 cm³/mol. The second-order valence-corrected chi connectivity index (χ2v) is 10.5. The Morgan fingerprint density at radius 3 is 2.34 bits per heavy atom. The number of hydrogen-bond acceptors (Lipinski definition) is 7. The van der Waals surface area contributed by atoms with Gasteiger partial charge in [-0.15, -0.1) is 0 Å². The van der Waals surface area contributed by atoms with Crippen LogP contribution in [0.5, 0.6) is 17.2 Å². The highest BCUT2D eigenvalue weighted by Gasteiger charge is 2.29. The predicted octanol–water partition coefficient (Wildman–Crippen LogP) is 5.14. The molecule has 0 unspecified atom stereocenters. The zero-order chi connectivity index (χ0) is 29.9. The van der Waals surface area contributed by atoms with Crippen LogP contribution >= 0.6 is 0 Å². The van der Waals surface area contributed by atoms with E-state index in [1.807, 2.05) is 12.1 Å². The molecule has 0 saturated heterocycles. The van der Waals surface area contributed by atoms with Crippen LogP contribution in [-0.2, 0) is 16.0 Å². The van der Waals surface area contributed by atoms with E-state index in [4.69, 9.17) is 14.2 Å². The first kappa shape index (κ1) is 31.8. The van der Waals surface area contributed by atoms with Crippen molar-refractivity contribution in [2.75, 3.05) is 33.2 Å². The smallest absolute Gasteiger partial charge is 0.242 e. The van der Waals surface area contributed by atoms with Crippen LogP contribution in [0.15, 0.2) is 29.1 Å². The first-order valence-electron chi connectivity index (χ1n) is 14.6. The molecule has 1 aliphatic carbocycles. The Labute approximate surface area is 243 Å². The van der Waals surface area contributed by atoms with Crippen LogP contribution in [0.25, 0.3) is 11.1 Å². The van der Waals surface area contributed by atoms with Crippen molar-refractivity contribution in [3.63, 3.8) is 0 Å². The fourth-order valence-corrected chi connectivity index (χ4v) is 5.40. The largest absolute Gasteiger partial charge is 0.493 e. The van der Waals surface area contributed by atoms with Crippen LogP contribution in [0.3, 0.4) is 0 Å². The lowest BCUT2D eigenvalue weighted by Crippen LogP contribution is -2.38. The summed E-state index contributed by atoms with van der Waals surface area (Å²) in [7, 11) is 4.68. The zero-order valence-electron chi connectivity index (χ0n) is 25.3. The minimum absolute atomic E-state index is 0.161. The number of anilines is 1. The molecule has 2 aromatic rings. The Balaban J connectivity index is 1.96. The Morgan fingerprint density at radius 2 is 1.68 bits per heavy atom. The van der Waals surface area contributed by atoms with Crippen molar-refractivity contribution in [2.45, 2.75) is 84.2 Å². The molecular weight excluding hydrogens is 522 g/mol. The molecule has 0 heterocycles. The van der Waals surface area contributed by atoms with Crippen LogP contribution < -0.4 is 35.6 Å². The van der Waals surface area contributed by atoms with E-state index >= 15 is 0 Å². The molecule has 2 amide bonds. The topological polar surface area (TPSA) is 115 Å². The summed E-state index contributed by atoms with van der Waals surface area (Å²) in [5, 5.41) is 9.08. The summed E-state index contributed by atoms with van der Waals surface area (Å²) in [6.07, 6.45) is 8.06. The van der Waals surface area contributed by atoms with Crippen LogP contribution in [0, 0.1) is 0 Å². The van der Waals surface area contributed by atoms with E-state index in [1.54, 1.807) is 40.4 Å². The number of hydrogen-bond donors (Lipinski definition) is 3. The number of nitrogens with one attached hydrogen (secondary N) is 3.